The SMILES string of the molecule is O=C1N[C@@H](Cc2ccccc2)C(=O)N2CCN(C(C(=O)N3CCN(Cc4ccccc4)CC3)c3ccco3)CC12. The average Bonchev–Trinajstić information content (AvgIpc) is 3.52. The summed E-state index contributed by atoms with van der Waals surface area (Å²) in [5.41, 5.74) is 2.27. The molecule has 4 heterocycles. The molecule has 3 fully saturated rings. The summed E-state index contributed by atoms with van der Waals surface area (Å²) < 4.78 is 5.75. The minimum atomic E-state index is -0.638. The van der Waals surface area contributed by atoms with Gasteiger partial charge < -0.3 is 19.5 Å². The minimum absolute atomic E-state index is 0.0211. The van der Waals surface area contributed by atoms with E-state index in [0.717, 1.165) is 25.2 Å². The van der Waals surface area contributed by atoms with Crippen LogP contribution in [0.4, 0.5) is 0 Å². The Labute approximate surface area is 234 Å². The van der Waals surface area contributed by atoms with Crippen molar-refractivity contribution in [1.29, 1.82) is 0 Å². The summed E-state index contributed by atoms with van der Waals surface area (Å²) in [6.07, 6.45) is 2.04. The quantitative estimate of drug-likeness (QED) is 0.492. The lowest BCUT2D eigenvalue weighted by Crippen LogP contribution is -2.70. The van der Waals surface area contributed by atoms with Crippen molar-refractivity contribution < 1.29 is 18.8 Å². The second kappa shape index (κ2) is 11.7. The van der Waals surface area contributed by atoms with Crippen LogP contribution in [0.3, 0.4) is 0 Å². The Morgan fingerprint density at radius 3 is 2.23 bits per heavy atom. The van der Waals surface area contributed by atoms with Gasteiger partial charge in [-0.2, -0.15) is 0 Å². The summed E-state index contributed by atoms with van der Waals surface area (Å²) in [4.78, 5) is 48.5. The molecule has 3 atom stereocenters. The largest absolute Gasteiger partial charge is 0.467 e. The van der Waals surface area contributed by atoms with Gasteiger partial charge in [0.2, 0.25) is 17.7 Å². The first-order chi connectivity index (χ1) is 19.6. The zero-order valence-corrected chi connectivity index (χ0v) is 22.5. The molecule has 2 unspecified atom stereocenters. The zero-order valence-electron chi connectivity index (χ0n) is 22.5. The molecule has 1 aromatic heterocycles. The summed E-state index contributed by atoms with van der Waals surface area (Å²) in [5.74, 6) is 0.302. The molecule has 3 aliphatic rings. The van der Waals surface area contributed by atoms with Gasteiger partial charge in [0.05, 0.1) is 6.26 Å². The van der Waals surface area contributed by atoms with Gasteiger partial charge in [0.15, 0.2) is 0 Å². The van der Waals surface area contributed by atoms with Crippen LogP contribution in [0.2, 0.25) is 0 Å². The summed E-state index contributed by atoms with van der Waals surface area (Å²) in [6.45, 7) is 4.86. The lowest BCUT2D eigenvalue weighted by molar-refractivity contribution is -0.156. The van der Waals surface area contributed by atoms with Crippen molar-refractivity contribution in [2.45, 2.75) is 31.1 Å². The monoisotopic (exact) mass is 541 g/mol. The molecular weight excluding hydrogens is 506 g/mol. The normalized spacial score (nSPS) is 23.0. The first-order valence-corrected chi connectivity index (χ1v) is 14.0. The van der Waals surface area contributed by atoms with Crippen LogP contribution < -0.4 is 5.32 Å². The lowest BCUT2D eigenvalue weighted by atomic mass is 9.97. The van der Waals surface area contributed by atoms with Crippen molar-refractivity contribution in [1.82, 2.24) is 24.9 Å². The van der Waals surface area contributed by atoms with Crippen LogP contribution in [-0.2, 0) is 27.3 Å². The second-order valence-electron chi connectivity index (χ2n) is 10.8. The number of benzene rings is 2. The van der Waals surface area contributed by atoms with E-state index < -0.39 is 18.1 Å². The molecule has 3 amide bonds. The fourth-order valence-corrected chi connectivity index (χ4v) is 6.09. The highest BCUT2D eigenvalue weighted by molar-refractivity contribution is 5.97. The van der Waals surface area contributed by atoms with Crippen molar-refractivity contribution in [3.05, 3.63) is 95.9 Å². The first-order valence-electron chi connectivity index (χ1n) is 14.0. The highest BCUT2D eigenvalue weighted by Gasteiger charge is 2.46. The van der Waals surface area contributed by atoms with E-state index in [9.17, 15) is 14.4 Å². The van der Waals surface area contributed by atoms with E-state index in [0.29, 0.717) is 38.4 Å². The number of carbonyl (C=O) groups excluding carboxylic acids is 3. The van der Waals surface area contributed by atoms with E-state index in [1.54, 1.807) is 17.2 Å². The number of rotatable bonds is 7. The maximum Gasteiger partial charge on any atom is 0.247 e. The summed E-state index contributed by atoms with van der Waals surface area (Å²) in [5, 5.41) is 2.94. The van der Waals surface area contributed by atoms with E-state index in [1.165, 1.54) is 5.56 Å². The number of furan rings is 1. The molecule has 0 spiro atoms. The van der Waals surface area contributed by atoms with Crippen LogP contribution in [0.5, 0.6) is 0 Å². The Morgan fingerprint density at radius 2 is 1.55 bits per heavy atom. The van der Waals surface area contributed by atoms with Crippen molar-refractivity contribution >= 4 is 17.7 Å². The van der Waals surface area contributed by atoms with Crippen LogP contribution in [0.1, 0.15) is 22.9 Å². The van der Waals surface area contributed by atoms with Crippen molar-refractivity contribution in [2.75, 3.05) is 45.8 Å². The molecule has 3 aliphatic heterocycles. The van der Waals surface area contributed by atoms with Gasteiger partial charge in [0.1, 0.15) is 23.9 Å². The summed E-state index contributed by atoms with van der Waals surface area (Å²) >= 11 is 0. The molecular formula is C31H35N5O4. The molecule has 208 valence electrons. The molecule has 6 rings (SSSR count). The van der Waals surface area contributed by atoms with Crippen LogP contribution in [0.25, 0.3) is 0 Å². The Morgan fingerprint density at radius 1 is 0.850 bits per heavy atom. The van der Waals surface area contributed by atoms with Gasteiger partial charge in [-0.1, -0.05) is 60.7 Å². The molecule has 9 nitrogen and oxygen atoms in total. The van der Waals surface area contributed by atoms with Crippen LogP contribution in [0, 0.1) is 0 Å². The second-order valence-corrected chi connectivity index (χ2v) is 10.8. The predicted molar refractivity (Wildman–Crippen MR) is 149 cm³/mol. The van der Waals surface area contributed by atoms with Gasteiger partial charge in [-0.05, 0) is 23.3 Å². The van der Waals surface area contributed by atoms with Gasteiger partial charge in [-0.15, -0.1) is 0 Å². The van der Waals surface area contributed by atoms with Crippen molar-refractivity contribution in [3.8, 4) is 0 Å². The number of amides is 3. The van der Waals surface area contributed by atoms with Crippen molar-refractivity contribution in [2.24, 2.45) is 0 Å². The Balaban J connectivity index is 1.12. The highest BCUT2D eigenvalue weighted by atomic mass is 16.3. The maximum absolute atomic E-state index is 13.9. The molecule has 3 saturated heterocycles. The van der Waals surface area contributed by atoms with E-state index in [4.69, 9.17) is 4.42 Å². The van der Waals surface area contributed by atoms with Gasteiger partial charge >= 0.3 is 0 Å². The minimum Gasteiger partial charge on any atom is -0.467 e. The van der Waals surface area contributed by atoms with Crippen LogP contribution >= 0.6 is 0 Å². The molecule has 0 aliphatic carbocycles. The molecule has 9 heteroatoms. The van der Waals surface area contributed by atoms with Crippen molar-refractivity contribution in [3.63, 3.8) is 0 Å². The number of hydrogen-bond acceptors (Lipinski definition) is 6. The Bertz CT molecular complexity index is 1310. The molecule has 40 heavy (non-hydrogen) atoms. The molecule has 0 radical (unpaired) electrons. The standard InChI is InChI=1S/C31H35N5O4/c37-29-26-22-35(17-18-36(26)30(38)25(32-29)20-23-8-3-1-4-9-23)28(27-12-7-19-40-27)31(39)34-15-13-33(14-16-34)21-24-10-5-2-6-11-24/h1-12,19,25-26,28H,13-18,20-22H2,(H,32,37)/t25-,26?,28?/m0/s1. The zero-order chi connectivity index (χ0) is 27.5. The lowest BCUT2D eigenvalue weighted by Gasteiger charge is -2.47. The number of hydrogen-bond donors (Lipinski definition) is 1. The molecule has 0 saturated carbocycles. The third-order valence-corrected chi connectivity index (χ3v) is 8.24. The number of piperazine rings is 3. The Kier molecular flexibility index (Phi) is 7.66. The van der Waals surface area contributed by atoms with E-state index in [-0.39, 0.29) is 24.3 Å². The van der Waals surface area contributed by atoms with Gasteiger partial charge in [0, 0.05) is 58.8 Å². The average molecular weight is 542 g/mol. The maximum atomic E-state index is 13.9. The molecule has 3 aromatic rings. The number of fused-ring (bicyclic) bond motifs is 1. The first kappa shape index (κ1) is 26.3. The topological polar surface area (TPSA) is 89.3 Å². The third-order valence-electron chi connectivity index (χ3n) is 8.24. The fraction of sp³-hybridized carbons (Fsp3) is 0.387. The smallest absolute Gasteiger partial charge is 0.247 e. The van der Waals surface area contributed by atoms with E-state index >= 15 is 0 Å². The highest BCUT2D eigenvalue weighted by Crippen LogP contribution is 2.29. The molecule has 2 aromatic carbocycles. The summed E-state index contributed by atoms with van der Waals surface area (Å²) in [6, 6.07) is 21.8. The van der Waals surface area contributed by atoms with Crippen LogP contribution in [0.15, 0.2) is 83.5 Å². The Hall–Kier alpha value is -3.95. The number of nitrogens with one attached hydrogen (secondary N) is 1. The number of carbonyl (C=O) groups is 3. The van der Waals surface area contributed by atoms with Gasteiger partial charge in [-0.25, -0.2) is 0 Å². The van der Waals surface area contributed by atoms with Crippen LogP contribution in [-0.4, -0.2) is 95.2 Å². The summed E-state index contributed by atoms with van der Waals surface area (Å²) in [7, 11) is 0. The van der Waals surface area contributed by atoms with E-state index in [2.05, 4.69) is 22.3 Å². The van der Waals surface area contributed by atoms with Gasteiger partial charge in [0.25, 0.3) is 0 Å². The predicted octanol–water partition coefficient (Wildman–Crippen LogP) is 1.92. The van der Waals surface area contributed by atoms with E-state index in [1.807, 2.05) is 64.4 Å². The number of nitrogens with zero attached hydrogens (tertiary/aromatic N) is 4. The molecule has 1 N–H and O–H groups in total. The third kappa shape index (κ3) is 5.52. The van der Waals surface area contributed by atoms with Gasteiger partial charge in [-0.3, -0.25) is 24.2 Å². The fourth-order valence-electron chi connectivity index (χ4n) is 6.09. The molecule has 0 bridgehead atoms.